The highest BCUT2D eigenvalue weighted by Gasteiger charge is 2.52. The van der Waals surface area contributed by atoms with Crippen LogP contribution in [0.15, 0.2) is 0 Å². The molecule has 0 radical (unpaired) electrons. The Kier molecular flexibility index (Phi) is 2.71. The van der Waals surface area contributed by atoms with Gasteiger partial charge < -0.3 is 0 Å². The molecule has 0 saturated carbocycles. The van der Waals surface area contributed by atoms with E-state index in [0.717, 1.165) is 10.0 Å². The van der Waals surface area contributed by atoms with Crippen LogP contribution >= 0.6 is 0 Å². The van der Waals surface area contributed by atoms with Gasteiger partial charge in [0.25, 0.3) is 11.8 Å². The zero-order chi connectivity index (χ0) is 13.9. The molecule has 2 atom stereocenters. The van der Waals surface area contributed by atoms with Crippen molar-refractivity contribution >= 4 is 31.5 Å². The first-order chi connectivity index (χ1) is 8.08. The van der Waals surface area contributed by atoms with Crippen molar-refractivity contribution in [1.29, 1.82) is 0 Å². The van der Waals surface area contributed by atoms with Gasteiger partial charge in [-0.25, -0.2) is 26.9 Å². The maximum atomic E-state index is 11.6. The molecule has 2 fully saturated rings. The molecule has 2 aliphatic heterocycles. The molecule has 0 aromatic carbocycles. The first-order valence-electron chi connectivity index (χ1n) is 5.15. The number of rotatable bonds is 1. The van der Waals surface area contributed by atoms with E-state index in [-0.39, 0.29) is 0 Å². The molecule has 0 unspecified atom stereocenters. The van der Waals surface area contributed by atoms with E-state index in [0.29, 0.717) is 0 Å². The molecule has 0 aliphatic carbocycles. The maximum Gasteiger partial charge on any atom is 0.257 e. The monoisotopic (exact) mass is 296 g/mol. The van der Waals surface area contributed by atoms with Crippen molar-refractivity contribution in [3.8, 4) is 0 Å². The minimum atomic E-state index is -3.66. The van der Waals surface area contributed by atoms with Crippen LogP contribution in [-0.4, -0.2) is 60.9 Å². The van der Waals surface area contributed by atoms with E-state index in [2.05, 4.69) is 0 Å². The number of nitrogens with zero attached hydrogens (tertiary/aromatic N) is 2. The zero-order valence-corrected chi connectivity index (χ0v) is 11.4. The summed E-state index contributed by atoms with van der Waals surface area (Å²) in [6, 6.07) is 0. The van der Waals surface area contributed by atoms with Gasteiger partial charge in [-0.2, -0.15) is 0 Å². The molecule has 0 aromatic rings. The summed E-state index contributed by atoms with van der Waals surface area (Å²) in [6.45, 7) is 2.51. The molecule has 10 heteroatoms. The van der Waals surface area contributed by atoms with Crippen LogP contribution in [-0.2, 0) is 29.3 Å². The van der Waals surface area contributed by atoms with Gasteiger partial charge in [0.2, 0.25) is 0 Å². The van der Waals surface area contributed by atoms with Crippen LogP contribution in [0, 0.1) is 0 Å². The van der Waals surface area contributed by atoms with Crippen LogP contribution in [0.4, 0.5) is 0 Å². The van der Waals surface area contributed by atoms with E-state index in [9.17, 15) is 26.4 Å². The van der Waals surface area contributed by atoms with Crippen LogP contribution in [0.3, 0.4) is 0 Å². The topological polar surface area (TPSA) is 109 Å². The fourth-order valence-electron chi connectivity index (χ4n) is 2.02. The highest BCUT2D eigenvalue weighted by atomic mass is 32.2. The van der Waals surface area contributed by atoms with E-state index in [4.69, 9.17) is 0 Å². The number of hydrogen-bond acceptors (Lipinski definition) is 6. The molecule has 0 N–H and O–H groups in total. The van der Waals surface area contributed by atoms with Gasteiger partial charge in [0, 0.05) is 0 Å². The van der Waals surface area contributed by atoms with Crippen molar-refractivity contribution in [3.63, 3.8) is 0 Å². The molecular weight excluding hydrogens is 284 g/mol. The highest BCUT2D eigenvalue weighted by molar-refractivity contribution is 7.93. The summed E-state index contributed by atoms with van der Waals surface area (Å²) >= 11 is 0. The molecule has 2 saturated heterocycles. The summed E-state index contributed by atoms with van der Waals surface area (Å²) in [5.41, 5.74) is 0. The van der Waals surface area contributed by atoms with Crippen molar-refractivity contribution < 1.29 is 26.4 Å². The Morgan fingerprint density at radius 3 is 1.28 bits per heavy atom. The Balaban J connectivity index is 2.45. The van der Waals surface area contributed by atoms with Crippen LogP contribution in [0.2, 0.25) is 0 Å². The third kappa shape index (κ3) is 1.70. The smallest absolute Gasteiger partial charge is 0.257 e. The van der Waals surface area contributed by atoms with E-state index < -0.39 is 53.7 Å². The van der Waals surface area contributed by atoms with Gasteiger partial charge in [0.15, 0.2) is 30.4 Å². The third-order valence-electron chi connectivity index (χ3n) is 3.12. The van der Waals surface area contributed by atoms with E-state index in [1.165, 1.54) is 13.8 Å². The van der Waals surface area contributed by atoms with Crippen molar-refractivity contribution in [3.05, 3.63) is 0 Å². The van der Waals surface area contributed by atoms with E-state index in [1.807, 2.05) is 0 Å². The fraction of sp³-hybridized carbons (Fsp3) is 0.750. The first kappa shape index (κ1) is 13.3. The molecular formula is C8H12N2O6S2. The minimum Gasteiger partial charge on any atom is -0.272 e. The first-order valence-corrected chi connectivity index (χ1v) is 8.58. The molecule has 18 heavy (non-hydrogen) atoms. The van der Waals surface area contributed by atoms with Gasteiger partial charge in [-0.05, 0) is 13.8 Å². The van der Waals surface area contributed by atoms with Crippen molar-refractivity contribution in [2.75, 3.05) is 11.5 Å². The lowest BCUT2D eigenvalue weighted by atomic mass is 10.5. The van der Waals surface area contributed by atoms with Crippen LogP contribution in [0.1, 0.15) is 13.8 Å². The highest BCUT2D eigenvalue weighted by Crippen LogP contribution is 2.28. The largest absolute Gasteiger partial charge is 0.272 e. The predicted octanol–water partition coefficient (Wildman–Crippen LogP) is -1.89. The van der Waals surface area contributed by atoms with E-state index >= 15 is 0 Å². The number of carbonyl (C=O) groups is 2. The Labute approximate surface area is 104 Å². The predicted molar refractivity (Wildman–Crippen MR) is 60.2 cm³/mol. The average Bonchev–Trinajstić information content (AvgIpc) is 2.50. The van der Waals surface area contributed by atoms with Crippen molar-refractivity contribution in [2.24, 2.45) is 0 Å². The Morgan fingerprint density at radius 2 is 1.11 bits per heavy atom. The summed E-state index contributed by atoms with van der Waals surface area (Å²) in [4.78, 5) is 23.3. The molecule has 0 bridgehead atoms. The van der Waals surface area contributed by atoms with Gasteiger partial charge in [-0.15, -0.1) is 0 Å². The Morgan fingerprint density at radius 1 is 0.833 bits per heavy atom. The number of sulfone groups is 2. The quantitative estimate of drug-likeness (QED) is 0.559. The van der Waals surface area contributed by atoms with E-state index in [1.54, 1.807) is 0 Å². The van der Waals surface area contributed by atoms with Gasteiger partial charge in [-0.1, -0.05) is 0 Å². The summed E-state index contributed by atoms with van der Waals surface area (Å²) in [5.74, 6) is -2.96. The lowest BCUT2D eigenvalue weighted by molar-refractivity contribution is -0.160. The number of hydrogen-bond donors (Lipinski definition) is 0. The van der Waals surface area contributed by atoms with Crippen LogP contribution in [0.25, 0.3) is 0 Å². The van der Waals surface area contributed by atoms with Gasteiger partial charge in [-0.3, -0.25) is 9.59 Å². The van der Waals surface area contributed by atoms with Crippen molar-refractivity contribution in [1.82, 2.24) is 10.0 Å². The third-order valence-corrected chi connectivity index (χ3v) is 6.90. The maximum absolute atomic E-state index is 11.6. The molecule has 2 amide bonds. The Bertz CT molecular complexity index is 566. The molecule has 2 aliphatic rings. The normalized spacial score (nSPS) is 34.3. The summed E-state index contributed by atoms with van der Waals surface area (Å²) < 4.78 is 46.3. The second kappa shape index (κ2) is 3.67. The number of hydrazine groups is 1. The molecule has 8 nitrogen and oxygen atoms in total. The minimum absolute atomic E-state index is 0.704. The second-order valence-corrected chi connectivity index (χ2v) is 8.88. The van der Waals surface area contributed by atoms with Gasteiger partial charge in [0.1, 0.15) is 11.5 Å². The SMILES string of the molecule is C[C@H]1N(N2C(=O)CS(=O)(=O)[C@H]2C)C(=O)CS1(=O)=O. The van der Waals surface area contributed by atoms with Crippen LogP contribution in [0.5, 0.6) is 0 Å². The van der Waals surface area contributed by atoms with Crippen molar-refractivity contribution in [2.45, 2.75) is 24.6 Å². The summed E-state index contributed by atoms with van der Waals surface area (Å²) in [6.07, 6.45) is 0. The molecule has 2 heterocycles. The van der Waals surface area contributed by atoms with Crippen LogP contribution < -0.4 is 0 Å². The second-order valence-electron chi connectivity index (χ2n) is 4.29. The summed E-state index contributed by atoms with van der Waals surface area (Å²) in [5, 5.41) is -0.950. The zero-order valence-electron chi connectivity index (χ0n) is 9.73. The standard InChI is InChI=1S/C8H12N2O6S2/c1-5-9(7(11)3-17(5,13)14)10-6(2)18(15,16)4-8(10)12/h5-6H,3-4H2,1-2H3/t5-,6-/m0/s1. The molecule has 102 valence electrons. The number of carbonyl (C=O) groups excluding carboxylic acids is 2. The molecule has 0 aromatic heterocycles. The lowest BCUT2D eigenvalue weighted by Gasteiger charge is -2.32. The van der Waals surface area contributed by atoms with Gasteiger partial charge >= 0.3 is 0 Å². The lowest BCUT2D eigenvalue weighted by Crippen LogP contribution is -2.52. The Hall–Kier alpha value is -1.16. The fourth-order valence-corrected chi connectivity index (χ4v) is 4.50. The number of amides is 2. The summed E-state index contributed by atoms with van der Waals surface area (Å²) in [7, 11) is -7.31. The molecule has 0 spiro atoms. The average molecular weight is 296 g/mol. The van der Waals surface area contributed by atoms with Gasteiger partial charge in [0.05, 0.1) is 0 Å². The molecule has 2 rings (SSSR count).